The van der Waals surface area contributed by atoms with E-state index in [0.29, 0.717) is 42.9 Å². The number of pyridine rings is 1. The smallest absolute Gasteiger partial charge is 0.418 e. The second kappa shape index (κ2) is 8.98. The van der Waals surface area contributed by atoms with E-state index in [1.807, 2.05) is 4.90 Å². The minimum atomic E-state index is -4.66. The highest BCUT2D eigenvalue weighted by Crippen LogP contribution is 2.41. The molecular formula is C22H20ClF3N6O2. The molecule has 0 unspecified atom stereocenters. The number of carbonyl (C=O) groups excluding carboxylic acids is 1. The molecule has 2 aromatic heterocycles. The lowest BCUT2D eigenvalue weighted by Gasteiger charge is -2.35. The number of methoxy groups -OCH3 is 1. The molecule has 1 aromatic carbocycles. The molecule has 8 nitrogen and oxygen atoms in total. The van der Waals surface area contributed by atoms with Gasteiger partial charge in [0.2, 0.25) is 5.91 Å². The van der Waals surface area contributed by atoms with E-state index in [9.17, 15) is 18.0 Å². The van der Waals surface area contributed by atoms with Crippen LogP contribution in [0.25, 0.3) is 22.2 Å². The van der Waals surface area contributed by atoms with Gasteiger partial charge in [0.1, 0.15) is 11.6 Å². The first-order valence-corrected chi connectivity index (χ1v) is 10.6. The lowest BCUT2D eigenvalue weighted by Crippen LogP contribution is -2.48. The summed E-state index contributed by atoms with van der Waals surface area (Å²) in [6, 6.07) is 4.92. The molecule has 0 radical (unpaired) electrons. The summed E-state index contributed by atoms with van der Waals surface area (Å²) in [5, 5.41) is 0.557. The lowest BCUT2D eigenvalue weighted by molar-refractivity contribution is -0.137. The number of benzene rings is 1. The van der Waals surface area contributed by atoms with Crippen LogP contribution in [-0.2, 0) is 11.0 Å². The Morgan fingerprint density at radius 3 is 2.50 bits per heavy atom. The molecule has 178 valence electrons. The van der Waals surface area contributed by atoms with Crippen molar-refractivity contribution in [2.75, 3.05) is 43.9 Å². The second-order valence-electron chi connectivity index (χ2n) is 7.53. The van der Waals surface area contributed by atoms with E-state index < -0.39 is 17.4 Å². The van der Waals surface area contributed by atoms with Gasteiger partial charge in [-0.15, -0.1) is 0 Å². The minimum Gasteiger partial charge on any atom is -0.467 e. The summed E-state index contributed by atoms with van der Waals surface area (Å²) < 4.78 is 46.2. The molecule has 1 saturated heterocycles. The Bertz CT molecular complexity index is 1280. The molecule has 3 aromatic rings. The molecule has 4 rings (SSSR count). The van der Waals surface area contributed by atoms with Crippen molar-refractivity contribution in [2.24, 2.45) is 0 Å². The van der Waals surface area contributed by atoms with E-state index in [2.05, 4.69) is 21.5 Å². The third-order valence-corrected chi connectivity index (χ3v) is 5.78. The van der Waals surface area contributed by atoms with Crippen molar-refractivity contribution < 1.29 is 22.7 Å². The van der Waals surface area contributed by atoms with Gasteiger partial charge in [-0.25, -0.2) is 4.98 Å². The van der Waals surface area contributed by atoms with E-state index in [4.69, 9.17) is 22.1 Å². The molecule has 34 heavy (non-hydrogen) atoms. The molecule has 0 saturated carbocycles. The molecule has 1 fully saturated rings. The number of hydrogen-bond acceptors (Lipinski definition) is 7. The quantitative estimate of drug-likeness (QED) is 0.553. The third-order valence-electron chi connectivity index (χ3n) is 5.47. The summed E-state index contributed by atoms with van der Waals surface area (Å²) in [6.45, 7) is 5.36. The summed E-state index contributed by atoms with van der Waals surface area (Å²) in [5.74, 6) is 0.261. The van der Waals surface area contributed by atoms with E-state index in [-0.39, 0.29) is 28.3 Å². The van der Waals surface area contributed by atoms with Crippen LogP contribution in [0.4, 0.5) is 24.8 Å². The molecule has 1 aliphatic rings. The van der Waals surface area contributed by atoms with Crippen molar-refractivity contribution in [3.8, 4) is 17.3 Å². The summed E-state index contributed by atoms with van der Waals surface area (Å²) >= 11 is 6.46. The van der Waals surface area contributed by atoms with Crippen LogP contribution in [0.3, 0.4) is 0 Å². The molecule has 2 N–H and O–H groups in total. The van der Waals surface area contributed by atoms with Gasteiger partial charge in [-0.1, -0.05) is 18.2 Å². The summed E-state index contributed by atoms with van der Waals surface area (Å²) in [6.07, 6.45) is -3.40. The molecule has 3 heterocycles. The van der Waals surface area contributed by atoms with Crippen LogP contribution in [0.1, 0.15) is 5.56 Å². The SMILES string of the molecule is C=CC(=O)N1CCN(c2nc(OC)nc3cc(-c4nc(N)ccc4C(F)(F)F)c(Cl)cc23)CC1. The maximum Gasteiger partial charge on any atom is 0.418 e. The topological polar surface area (TPSA) is 97.5 Å². The van der Waals surface area contributed by atoms with Crippen LogP contribution in [0.5, 0.6) is 6.01 Å². The summed E-state index contributed by atoms with van der Waals surface area (Å²) in [7, 11) is 1.39. The normalized spacial score (nSPS) is 14.4. The van der Waals surface area contributed by atoms with Crippen molar-refractivity contribution in [1.82, 2.24) is 19.9 Å². The number of aromatic nitrogens is 3. The zero-order valence-electron chi connectivity index (χ0n) is 18.1. The number of nitrogens with two attached hydrogens (primary N) is 1. The van der Waals surface area contributed by atoms with Gasteiger partial charge in [0.15, 0.2) is 0 Å². The minimum absolute atomic E-state index is 0.0295. The molecule has 1 aliphatic heterocycles. The largest absolute Gasteiger partial charge is 0.467 e. The molecule has 0 spiro atoms. The highest BCUT2D eigenvalue weighted by atomic mass is 35.5. The molecule has 0 aliphatic carbocycles. The lowest BCUT2D eigenvalue weighted by atomic mass is 10.0. The number of hydrogen-bond donors (Lipinski definition) is 1. The molecule has 0 atom stereocenters. The highest BCUT2D eigenvalue weighted by molar-refractivity contribution is 6.34. The Hall–Kier alpha value is -3.60. The second-order valence-corrected chi connectivity index (χ2v) is 7.94. The maximum absolute atomic E-state index is 13.6. The van der Waals surface area contributed by atoms with Crippen LogP contribution >= 0.6 is 11.6 Å². The van der Waals surface area contributed by atoms with E-state index in [0.717, 1.165) is 12.1 Å². The van der Waals surface area contributed by atoms with Crippen molar-refractivity contribution in [3.05, 3.63) is 47.5 Å². The van der Waals surface area contributed by atoms with E-state index >= 15 is 0 Å². The number of anilines is 2. The van der Waals surface area contributed by atoms with Crippen LogP contribution in [-0.4, -0.2) is 59.0 Å². The average molecular weight is 493 g/mol. The highest BCUT2D eigenvalue weighted by Gasteiger charge is 2.35. The number of nitrogens with zero attached hydrogens (tertiary/aromatic N) is 5. The van der Waals surface area contributed by atoms with Gasteiger partial charge in [0.25, 0.3) is 0 Å². The fraction of sp³-hybridized carbons (Fsp3) is 0.273. The van der Waals surface area contributed by atoms with Gasteiger partial charge in [-0.2, -0.15) is 23.1 Å². The number of rotatable bonds is 4. The van der Waals surface area contributed by atoms with Gasteiger partial charge < -0.3 is 20.3 Å². The monoisotopic (exact) mass is 492 g/mol. The zero-order valence-corrected chi connectivity index (χ0v) is 18.8. The van der Waals surface area contributed by atoms with Gasteiger partial charge in [0.05, 0.1) is 28.9 Å². The van der Waals surface area contributed by atoms with Gasteiger partial charge in [-0.05, 0) is 30.3 Å². The number of piperazine rings is 1. The average Bonchev–Trinajstić information content (AvgIpc) is 2.81. The molecule has 0 bridgehead atoms. The molecule has 12 heteroatoms. The van der Waals surface area contributed by atoms with Crippen LogP contribution in [0, 0.1) is 0 Å². The van der Waals surface area contributed by atoms with Crippen LogP contribution in [0.2, 0.25) is 5.02 Å². The van der Waals surface area contributed by atoms with Crippen molar-refractivity contribution in [1.29, 1.82) is 0 Å². The van der Waals surface area contributed by atoms with E-state index in [1.165, 1.54) is 25.3 Å². The van der Waals surface area contributed by atoms with Gasteiger partial charge >= 0.3 is 12.2 Å². The fourth-order valence-corrected chi connectivity index (χ4v) is 4.06. The zero-order chi connectivity index (χ0) is 24.6. The number of alkyl halides is 3. The molecule has 1 amide bonds. The van der Waals surface area contributed by atoms with Gasteiger partial charge in [-0.3, -0.25) is 4.79 Å². The number of ether oxygens (including phenoxy) is 1. The number of carbonyl (C=O) groups is 1. The van der Waals surface area contributed by atoms with Crippen molar-refractivity contribution in [2.45, 2.75) is 6.18 Å². The van der Waals surface area contributed by atoms with E-state index in [1.54, 1.807) is 4.90 Å². The Morgan fingerprint density at radius 1 is 1.18 bits per heavy atom. The number of halogens is 4. The van der Waals surface area contributed by atoms with Crippen LogP contribution < -0.4 is 15.4 Å². The number of fused-ring (bicyclic) bond motifs is 1. The van der Waals surface area contributed by atoms with Crippen LogP contribution in [0.15, 0.2) is 36.9 Å². The Kier molecular flexibility index (Phi) is 6.22. The van der Waals surface area contributed by atoms with Gasteiger partial charge in [0, 0.05) is 37.1 Å². The first kappa shape index (κ1) is 23.6. The first-order valence-electron chi connectivity index (χ1n) is 10.2. The molecular weight excluding hydrogens is 473 g/mol. The fourth-order valence-electron chi connectivity index (χ4n) is 3.80. The third kappa shape index (κ3) is 4.43. The first-order chi connectivity index (χ1) is 16.1. The summed E-state index contributed by atoms with van der Waals surface area (Å²) in [4.78, 5) is 28.2. The Labute approximate surface area is 197 Å². The number of amides is 1. The maximum atomic E-state index is 13.6. The van der Waals surface area contributed by atoms with Crippen molar-refractivity contribution in [3.63, 3.8) is 0 Å². The predicted octanol–water partition coefficient (Wildman–Crippen LogP) is 3.79. The van der Waals surface area contributed by atoms with Crippen molar-refractivity contribution >= 4 is 40.0 Å². The Balaban J connectivity index is 1.83. The Morgan fingerprint density at radius 2 is 1.88 bits per heavy atom. The summed E-state index contributed by atoms with van der Waals surface area (Å²) in [5.41, 5.74) is 4.67. The number of nitrogen functional groups attached to an aromatic ring is 1. The predicted molar refractivity (Wildman–Crippen MR) is 123 cm³/mol. The standard InChI is InChI=1S/C22H20ClF3N6O2/c1-3-18(33)31-6-8-32(9-7-31)20-13-10-15(23)12(11-16(13)28-21(30-20)34-2)19-14(22(24,25)26)4-5-17(27)29-19/h3-5,10-11H,1,6-9H2,2H3,(H2,27,29).